The van der Waals surface area contributed by atoms with Crippen molar-refractivity contribution in [3.63, 3.8) is 0 Å². The third-order valence-electron chi connectivity index (χ3n) is 3.42. The Labute approximate surface area is 134 Å². The first-order valence-electron chi connectivity index (χ1n) is 7.91. The summed E-state index contributed by atoms with van der Waals surface area (Å²) in [4.78, 5) is 24.2. The van der Waals surface area contributed by atoms with Gasteiger partial charge in [0.15, 0.2) is 14.1 Å². The lowest BCUT2D eigenvalue weighted by molar-refractivity contribution is -0.139. The number of hydrogen-bond donors (Lipinski definition) is 0. The van der Waals surface area contributed by atoms with E-state index in [0.29, 0.717) is 12.8 Å². The Morgan fingerprint density at radius 2 is 1.95 bits per heavy atom. The van der Waals surface area contributed by atoms with Gasteiger partial charge in [-0.2, -0.15) is 0 Å². The SMILES string of the molecule is C=C(C)CCC(O[Si](C)(C)C)C1=C(C(=O)OCC)C(=O)CC1. The molecule has 0 heterocycles. The smallest absolute Gasteiger partial charge is 0.341 e. The first-order chi connectivity index (χ1) is 10.2. The molecule has 0 bridgehead atoms. The van der Waals surface area contributed by atoms with Crippen molar-refractivity contribution in [2.75, 3.05) is 6.61 Å². The monoisotopic (exact) mass is 324 g/mol. The molecule has 124 valence electrons. The second-order valence-electron chi connectivity index (χ2n) is 6.76. The molecular formula is C17H28O4Si. The molecule has 0 fully saturated rings. The average molecular weight is 324 g/mol. The second-order valence-corrected chi connectivity index (χ2v) is 11.2. The Morgan fingerprint density at radius 3 is 2.45 bits per heavy atom. The first-order valence-corrected chi connectivity index (χ1v) is 11.3. The van der Waals surface area contributed by atoms with E-state index in [1.165, 1.54) is 0 Å². The number of carbonyl (C=O) groups is 2. The summed E-state index contributed by atoms with van der Waals surface area (Å²) in [5, 5.41) is 0. The molecular weight excluding hydrogens is 296 g/mol. The number of rotatable bonds is 8. The number of carbonyl (C=O) groups excluding carboxylic acids is 2. The Morgan fingerprint density at radius 1 is 1.32 bits per heavy atom. The van der Waals surface area contributed by atoms with Crippen molar-refractivity contribution >= 4 is 20.1 Å². The van der Waals surface area contributed by atoms with Gasteiger partial charge in [-0.15, -0.1) is 6.58 Å². The van der Waals surface area contributed by atoms with Gasteiger partial charge in [0.1, 0.15) is 5.57 Å². The number of Topliss-reactive ketones (excluding diaryl/α,β-unsaturated/α-hetero) is 1. The van der Waals surface area contributed by atoms with E-state index in [1.54, 1.807) is 6.92 Å². The third-order valence-corrected chi connectivity index (χ3v) is 4.41. The summed E-state index contributed by atoms with van der Waals surface area (Å²) in [6, 6.07) is 0. The number of ketones is 1. The maximum absolute atomic E-state index is 12.1. The van der Waals surface area contributed by atoms with E-state index in [0.717, 1.165) is 24.0 Å². The van der Waals surface area contributed by atoms with Gasteiger partial charge in [-0.3, -0.25) is 4.79 Å². The summed E-state index contributed by atoms with van der Waals surface area (Å²) in [6.45, 7) is 14.3. The predicted octanol–water partition coefficient (Wildman–Crippen LogP) is 3.79. The molecule has 0 spiro atoms. The molecule has 0 aromatic rings. The lowest BCUT2D eigenvalue weighted by atomic mass is 9.99. The van der Waals surface area contributed by atoms with Crippen LogP contribution in [0.5, 0.6) is 0 Å². The third kappa shape index (κ3) is 5.53. The van der Waals surface area contributed by atoms with Crippen LogP contribution in [0.2, 0.25) is 19.6 Å². The minimum atomic E-state index is -1.79. The van der Waals surface area contributed by atoms with E-state index in [-0.39, 0.29) is 24.1 Å². The number of allylic oxidation sites excluding steroid dienone is 1. The molecule has 0 saturated heterocycles. The van der Waals surface area contributed by atoms with Crippen LogP contribution in [0.25, 0.3) is 0 Å². The number of ether oxygens (including phenoxy) is 1. The van der Waals surface area contributed by atoms with Crippen LogP contribution in [-0.4, -0.2) is 32.8 Å². The van der Waals surface area contributed by atoms with Crippen molar-refractivity contribution in [3.05, 3.63) is 23.3 Å². The van der Waals surface area contributed by atoms with Crippen molar-refractivity contribution in [2.24, 2.45) is 0 Å². The van der Waals surface area contributed by atoms with Crippen LogP contribution in [0, 0.1) is 0 Å². The summed E-state index contributed by atoms with van der Waals surface area (Å²) in [5.74, 6) is -0.618. The lowest BCUT2D eigenvalue weighted by Gasteiger charge is -2.28. The molecule has 0 N–H and O–H groups in total. The second kappa shape index (κ2) is 7.88. The maximum Gasteiger partial charge on any atom is 0.341 e. The summed E-state index contributed by atoms with van der Waals surface area (Å²) in [5.41, 5.74) is 2.13. The molecule has 1 aliphatic rings. The van der Waals surface area contributed by atoms with E-state index in [4.69, 9.17) is 9.16 Å². The van der Waals surface area contributed by atoms with E-state index in [1.807, 2.05) is 6.92 Å². The van der Waals surface area contributed by atoms with Crippen LogP contribution >= 0.6 is 0 Å². The molecule has 5 heteroatoms. The molecule has 0 aliphatic heterocycles. The van der Waals surface area contributed by atoms with Gasteiger partial charge < -0.3 is 9.16 Å². The van der Waals surface area contributed by atoms with Crippen LogP contribution in [0.15, 0.2) is 23.3 Å². The van der Waals surface area contributed by atoms with Crippen molar-refractivity contribution in [3.8, 4) is 0 Å². The summed E-state index contributed by atoms with van der Waals surface area (Å²) >= 11 is 0. The fourth-order valence-electron chi connectivity index (χ4n) is 2.56. The van der Waals surface area contributed by atoms with Crippen LogP contribution in [0.3, 0.4) is 0 Å². The molecule has 1 atom stereocenters. The highest BCUT2D eigenvalue weighted by molar-refractivity contribution is 6.69. The predicted molar refractivity (Wildman–Crippen MR) is 90.2 cm³/mol. The maximum atomic E-state index is 12.1. The van der Waals surface area contributed by atoms with Crippen molar-refractivity contribution in [1.82, 2.24) is 0 Å². The van der Waals surface area contributed by atoms with Crippen molar-refractivity contribution in [2.45, 2.75) is 65.3 Å². The zero-order valence-electron chi connectivity index (χ0n) is 14.5. The van der Waals surface area contributed by atoms with E-state index in [9.17, 15) is 9.59 Å². The van der Waals surface area contributed by atoms with Crippen LogP contribution in [-0.2, 0) is 18.8 Å². The minimum Gasteiger partial charge on any atom is -0.462 e. The van der Waals surface area contributed by atoms with E-state index < -0.39 is 14.3 Å². The first kappa shape index (κ1) is 18.8. The molecule has 22 heavy (non-hydrogen) atoms. The fraction of sp³-hybridized carbons (Fsp3) is 0.647. The van der Waals surface area contributed by atoms with Crippen LogP contribution in [0.1, 0.15) is 39.5 Å². The van der Waals surface area contributed by atoms with Gasteiger partial charge in [-0.05, 0) is 58.3 Å². The normalized spacial score (nSPS) is 16.9. The zero-order valence-corrected chi connectivity index (χ0v) is 15.5. The Kier molecular flexibility index (Phi) is 6.75. The van der Waals surface area contributed by atoms with Gasteiger partial charge in [0.25, 0.3) is 0 Å². The van der Waals surface area contributed by atoms with Crippen LogP contribution < -0.4 is 0 Å². The highest BCUT2D eigenvalue weighted by atomic mass is 28.4. The lowest BCUT2D eigenvalue weighted by Crippen LogP contribution is -2.33. The standard InChI is InChI=1S/C17H28O4Si/c1-7-20-17(19)16-13(9-10-14(16)18)15(11-8-12(2)3)21-22(4,5)6/h15H,2,7-11H2,1,3-6H3. The molecule has 0 amide bonds. The molecule has 0 saturated carbocycles. The van der Waals surface area contributed by atoms with Crippen molar-refractivity contribution < 1.29 is 18.8 Å². The largest absolute Gasteiger partial charge is 0.462 e. The molecule has 0 aromatic carbocycles. The molecule has 0 radical (unpaired) electrons. The number of esters is 1. The van der Waals surface area contributed by atoms with E-state index >= 15 is 0 Å². The van der Waals surface area contributed by atoms with Gasteiger partial charge in [0.05, 0.1) is 12.7 Å². The van der Waals surface area contributed by atoms with E-state index in [2.05, 4.69) is 26.2 Å². The average Bonchev–Trinajstić information content (AvgIpc) is 2.75. The van der Waals surface area contributed by atoms with Crippen molar-refractivity contribution in [1.29, 1.82) is 0 Å². The summed E-state index contributed by atoms with van der Waals surface area (Å²) < 4.78 is 11.3. The molecule has 0 aromatic heterocycles. The van der Waals surface area contributed by atoms with Gasteiger partial charge in [-0.1, -0.05) is 5.57 Å². The highest BCUT2D eigenvalue weighted by Gasteiger charge is 2.35. The van der Waals surface area contributed by atoms with Gasteiger partial charge in [0.2, 0.25) is 0 Å². The van der Waals surface area contributed by atoms with Gasteiger partial charge in [-0.25, -0.2) is 4.79 Å². The summed E-state index contributed by atoms with van der Waals surface area (Å²) in [7, 11) is -1.79. The molecule has 1 unspecified atom stereocenters. The minimum absolute atomic E-state index is 0.118. The zero-order chi connectivity index (χ0) is 16.9. The molecule has 1 rings (SSSR count). The Balaban J connectivity index is 3.10. The Hall–Kier alpha value is -1.20. The highest BCUT2D eigenvalue weighted by Crippen LogP contribution is 2.32. The summed E-state index contributed by atoms with van der Waals surface area (Å²) in [6.07, 6.45) is 2.36. The van der Waals surface area contributed by atoms with Gasteiger partial charge in [0, 0.05) is 6.42 Å². The van der Waals surface area contributed by atoms with Crippen LogP contribution in [0.4, 0.5) is 0 Å². The van der Waals surface area contributed by atoms with Gasteiger partial charge >= 0.3 is 5.97 Å². The fourth-order valence-corrected chi connectivity index (χ4v) is 3.67. The Bertz CT molecular complexity index is 485. The topological polar surface area (TPSA) is 52.6 Å². The quantitative estimate of drug-likeness (QED) is 0.295. The molecule has 1 aliphatic carbocycles. The molecule has 4 nitrogen and oxygen atoms in total. The number of hydrogen-bond acceptors (Lipinski definition) is 4.